The summed E-state index contributed by atoms with van der Waals surface area (Å²) >= 11 is 12.5. The molecule has 0 aliphatic carbocycles. The number of carbonyl (C=O) groups is 1. The van der Waals surface area contributed by atoms with Crippen molar-refractivity contribution in [2.75, 3.05) is 11.9 Å². The molecule has 10 heteroatoms. The van der Waals surface area contributed by atoms with E-state index in [1.807, 2.05) is 13.0 Å². The summed E-state index contributed by atoms with van der Waals surface area (Å²) < 4.78 is 6.80. The van der Waals surface area contributed by atoms with Gasteiger partial charge in [-0.1, -0.05) is 11.6 Å². The van der Waals surface area contributed by atoms with Crippen LogP contribution in [0, 0.1) is 21.4 Å². The van der Waals surface area contributed by atoms with Crippen LogP contribution in [0.5, 0.6) is 5.75 Å². The van der Waals surface area contributed by atoms with Gasteiger partial charge in [0.05, 0.1) is 20.5 Å². The molecule has 28 heavy (non-hydrogen) atoms. The second kappa shape index (κ2) is 9.68. The van der Waals surface area contributed by atoms with Crippen molar-refractivity contribution in [2.45, 2.75) is 6.92 Å². The molecule has 1 amide bonds. The van der Waals surface area contributed by atoms with Crippen LogP contribution in [0.2, 0.25) is 5.02 Å². The summed E-state index contributed by atoms with van der Waals surface area (Å²) in [5, 5.41) is 22.7. The number of nitriles is 1. The van der Waals surface area contributed by atoms with Crippen molar-refractivity contribution in [1.29, 1.82) is 5.26 Å². The van der Waals surface area contributed by atoms with Crippen LogP contribution in [0.1, 0.15) is 12.5 Å². The largest absolute Gasteiger partial charge is 0.492 e. The maximum atomic E-state index is 12.4. The Balaban J connectivity index is 2.30. The minimum atomic E-state index is -0.708. The van der Waals surface area contributed by atoms with E-state index in [0.29, 0.717) is 26.9 Å². The van der Waals surface area contributed by atoms with Gasteiger partial charge in [0.25, 0.3) is 11.6 Å². The second-order valence-corrected chi connectivity index (χ2v) is 7.41. The van der Waals surface area contributed by atoms with Gasteiger partial charge in [-0.2, -0.15) is 5.26 Å². The van der Waals surface area contributed by atoms with Gasteiger partial charge in [-0.25, -0.2) is 0 Å². The number of rotatable bonds is 6. The first-order chi connectivity index (χ1) is 13.3. The highest BCUT2D eigenvalue weighted by molar-refractivity contribution is 9.11. The van der Waals surface area contributed by atoms with Crippen molar-refractivity contribution in [3.63, 3.8) is 0 Å². The number of nitrogens with zero attached hydrogens (tertiary/aromatic N) is 2. The number of nitrogens with one attached hydrogen (secondary N) is 1. The SMILES string of the molecule is CCOc1c(Br)cc(/C=C(\C#N)C(=O)Nc2ccc(Cl)c([N+](=O)[O-])c2)cc1Br. The van der Waals surface area contributed by atoms with Gasteiger partial charge in [-0.3, -0.25) is 14.9 Å². The van der Waals surface area contributed by atoms with Gasteiger partial charge < -0.3 is 10.1 Å². The van der Waals surface area contributed by atoms with Crippen LogP contribution in [0.25, 0.3) is 6.08 Å². The summed E-state index contributed by atoms with van der Waals surface area (Å²) in [6, 6.07) is 9.06. The molecule has 2 aromatic carbocycles. The summed E-state index contributed by atoms with van der Waals surface area (Å²) in [4.78, 5) is 22.7. The number of nitro benzene ring substituents is 1. The van der Waals surface area contributed by atoms with Crippen molar-refractivity contribution in [3.05, 3.63) is 65.6 Å². The molecule has 1 N–H and O–H groups in total. The normalized spacial score (nSPS) is 10.9. The Kier molecular flexibility index (Phi) is 7.57. The van der Waals surface area contributed by atoms with Crippen molar-refractivity contribution < 1.29 is 14.5 Å². The average molecular weight is 530 g/mol. The predicted molar refractivity (Wildman–Crippen MR) is 113 cm³/mol. The zero-order valence-corrected chi connectivity index (χ0v) is 18.3. The highest BCUT2D eigenvalue weighted by atomic mass is 79.9. The molecule has 0 bridgehead atoms. The lowest BCUT2D eigenvalue weighted by Gasteiger charge is -2.10. The molecule has 0 heterocycles. The van der Waals surface area contributed by atoms with E-state index < -0.39 is 10.8 Å². The minimum absolute atomic E-state index is 0.0527. The van der Waals surface area contributed by atoms with Gasteiger partial charge in [-0.05, 0) is 74.7 Å². The van der Waals surface area contributed by atoms with E-state index in [4.69, 9.17) is 16.3 Å². The molecule has 0 saturated carbocycles. The van der Waals surface area contributed by atoms with Crippen molar-refractivity contribution in [3.8, 4) is 11.8 Å². The van der Waals surface area contributed by atoms with Gasteiger partial charge in [0.15, 0.2) is 0 Å². The zero-order valence-electron chi connectivity index (χ0n) is 14.3. The lowest BCUT2D eigenvalue weighted by Crippen LogP contribution is -2.13. The van der Waals surface area contributed by atoms with Gasteiger partial charge in [0, 0.05) is 11.8 Å². The van der Waals surface area contributed by atoms with Crippen molar-refractivity contribution >= 4 is 66.8 Å². The Labute approximate surface area is 182 Å². The lowest BCUT2D eigenvalue weighted by molar-refractivity contribution is -0.384. The van der Waals surface area contributed by atoms with Gasteiger partial charge >= 0.3 is 0 Å². The van der Waals surface area contributed by atoms with E-state index in [-0.39, 0.29) is 22.0 Å². The first kappa shape index (κ1) is 21.9. The number of benzene rings is 2. The minimum Gasteiger partial charge on any atom is -0.492 e. The smallest absolute Gasteiger partial charge is 0.289 e. The number of hydrogen-bond donors (Lipinski definition) is 1. The summed E-state index contributed by atoms with van der Waals surface area (Å²) in [7, 11) is 0. The molecule has 0 fully saturated rings. The van der Waals surface area contributed by atoms with Crippen LogP contribution >= 0.6 is 43.5 Å². The van der Waals surface area contributed by atoms with E-state index in [0.717, 1.165) is 6.07 Å². The van der Waals surface area contributed by atoms with Crippen LogP contribution in [-0.4, -0.2) is 17.4 Å². The Morgan fingerprint density at radius 1 is 1.36 bits per heavy atom. The molecule has 0 radical (unpaired) electrons. The molecule has 7 nitrogen and oxygen atoms in total. The molecule has 2 rings (SSSR count). The molecule has 0 saturated heterocycles. The number of hydrogen-bond acceptors (Lipinski definition) is 5. The number of anilines is 1. The molecule has 0 aliphatic heterocycles. The second-order valence-electron chi connectivity index (χ2n) is 5.29. The highest BCUT2D eigenvalue weighted by Crippen LogP contribution is 2.35. The molecule has 0 unspecified atom stereocenters. The molecule has 144 valence electrons. The maximum Gasteiger partial charge on any atom is 0.289 e. The van der Waals surface area contributed by atoms with Crippen LogP contribution in [0.3, 0.4) is 0 Å². The molecular weight excluding hydrogens is 517 g/mol. The van der Waals surface area contributed by atoms with E-state index in [2.05, 4.69) is 37.2 Å². The predicted octanol–water partition coefficient (Wildman–Crippen LogP) is 5.72. The Hall–Kier alpha value is -2.41. The fourth-order valence-electron chi connectivity index (χ4n) is 2.19. The highest BCUT2D eigenvalue weighted by Gasteiger charge is 2.16. The third kappa shape index (κ3) is 5.32. The number of halogens is 3. The molecular formula is C18H12Br2ClN3O4. The van der Waals surface area contributed by atoms with Gasteiger partial charge in [-0.15, -0.1) is 0 Å². The topological polar surface area (TPSA) is 105 Å². The van der Waals surface area contributed by atoms with Gasteiger partial charge in [0.1, 0.15) is 22.4 Å². The standard InChI is InChI=1S/C18H12Br2ClN3O4/c1-2-28-17-13(19)6-10(7-14(17)20)5-11(9-22)18(25)23-12-3-4-15(21)16(8-12)24(26)27/h3-8H,2H2,1H3,(H,23,25)/b11-5+. The molecule has 0 aromatic heterocycles. The first-order valence-electron chi connectivity index (χ1n) is 7.75. The Bertz CT molecular complexity index is 995. The van der Waals surface area contributed by atoms with E-state index >= 15 is 0 Å². The van der Waals surface area contributed by atoms with Crippen molar-refractivity contribution in [2.24, 2.45) is 0 Å². The van der Waals surface area contributed by atoms with Crippen LogP contribution < -0.4 is 10.1 Å². The van der Waals surface area contributed by atoms with E-state index in [1.165, 1.54) is 18.2 Å². The third-order valence-electron chi connectivity index (χ3n) is 3.39. The lowest BCUT2D eigenvalue weighted by atomic mass is 10.1. The number of ether oxygens (including phenoxy) is 1. The summed E-state index contributed by atoms with van der Waals surface area (Å²) in [5.41, 5.74) is 0.203. The van der Waals surface area contributed by atoms with Crippen molar-refractivity contribution in [1.82, 2.24) is 0 Å². The van der Waals surface area contributed by atoms with E-state index in [1.54, 1.807) is 12.1 Å². The Morgan fingerprint density at radius 3 is 2.54 bits per heavy atom. The monoisotopic (exact) mass is 527 g/mol. The summed E-state index contributed by atoms with van der Waals surface area (Å²) in [6.45, 7) is 2.33. The van der Waals surface area contributed by atoms with Crippen LogP contribution in [-0.2, 0) is 4.79 Å². The molecule has 2 aromatic rings. The maximum absolute atomic E-state index is 12.4. The molecule has 0 atom stereocenters. The molecule has 0 aliphatic rings. The van der Waals surface area contributed by atoms with E-state index in [9.17, 15) is 20.2 Å². The van der Waals surface area contributed by atoms with Crippen LogP contribution in [0.4, 0.5) is 11.4 Å². The van der Waals surface area contributed by atoms with Crippen LogP contribution in [0.15, 0.2) is 44.9 Å². The molecule has 0 spiro atoms. The number of amides is 1. The fraction of sp³-hybridized carbons (Fsp3) is 0.111. The number of nitro groups is 1. The summed E-state index contributed by atoms with van der Waals surface area (Å²) in [5.74, 6) is -0.101. The Morgan fingerprint density at radius 2 is 2.00 bits per heavy atom. The average Bonchev–Trinajstić information content (AvgIpc) is 2.64. The zero-order chi connectivity index (χ0) is 20.8. The number of carbonyl (C=O) groups excluding carboxylic acids is 1. The quantitative estimate of drug-likeness (QED) is 0.223. The first-order valence-corrected chi connectivity index (χ1v) is 9.72. The third-order valence-corrected chi connectivity index (χ3v) is 4.88. The summed E-state index contributed by atoms with van der Waals surface area (Å²) in [6.07, 6.45) is 1.39. The van der Waals surface area contributed by atoms with Gasteiger partial charge in [0.2, 0.25) is 0 Å². The fourth-order valence-corrected chi connectivity index (χ4v) is 3.83.